The number of para-hydroxylation sites is 1. The molecule has 4 rings (SSSR count). The third-order valence-corrected chi connectivity index (χ3v) is 5.92. The summed E-state index contributed by atoms with van der Waals surface area (Å²) in [7, 11) is 1.63. The van der Waals surface area contributed by atoms with Gasteiger partial charge in [-0.1, -0.05) is 47.6 Å². The van der Waals surface area contributed by atoms with Gasteiger partial charge in [0, 0.05) is 22.0 Å². The second-order valence-corrected chi connectivity index (χ2v) is 8.05. The molecular formula is C23H19ClN4O2S. The maximum absolute atomic E-state index is 11.3. The van der Waals surface area contributed by atoms with Gasteiger partial charge in [0.15, 0.2) is 11.0 Å². The summed E-state index contributed by atoms with van der Waals surface area (Å²) < 4.78 is 7.51. The third-order valence-electron chi connectivity index (χ3n) is 4.67. The van der Waals surface area contributed by atoms with Gasteiger partial charge < -0.3 is 10.5 Å². The molecule has 1 aromatic heterocycles. The Balaban J connectivity index is 1.71. The predicted molar refractivity (Wildman–Crippen MR) is 123 cm³/mol. The molecule has 4 aromatic rings. The van der Waals surface area contributed by atoms with E-state index in [1.165, 1.54) is 0 Å². The van der Waals surface area contributed by atoms with Crippen LogP contribution in [0, 0.1) is 0 Å². The molecule has 1 amide bonds. The molecule has 3 aromatic carbocycles. The molecule has 0 spiro atoms. The Morgan fingerprint density at radius 1 is 1.03 bits per heavy atom. The highest BCUT2D eigenvalue weighted by Crippen LogP contribution is 2.34. The third kappa shape index (κ3) is 4.57. The lowest BCUT2D eigenvalue weighted by molar-refractivity contribution is 0.100. The molecule has 31 heavy (non-hydrogen) atoms. The zero-order valence-corrected chi connectivity index (χ0v) is 18.2. The van der Waals surface area contributed by atoms with E-state index in [-0.39, 0.29) is 0 Å². The van der Waals surface area contributed by atoms with Gasteiger partial charge in [-0.2, -0.15) is 0 Å². The van der Waals surface area contributed by atoms with E-state index in [4.69, 9.17) is 22.1 Å². The van der Waals surface area contributed by atoms with Crippen molar-refractivity contribution in [2.24, 2.45) is 5.73 Å². The quantitative estimate of drug-likeness (QED) is 0.401. The Hall–Kier alpha value is -3.29. The second-order valence-electron chi connectivity index (χ2n) is 6.67. The SMILES string of the molecule is COc1ccccc1-c1nnc(SCc2ccc(C(N)=O)cc2)n1-c1ccc(Cl)cc1. The summed E-state index contributed by atoms with van der Waals surface area (Å²) in [6.45, 7) is 0. The summed E-state index contributed by atoms with van der Waals surface area (Å²) in [4.78, 5) is 11.3. The van der Waals surface area contributed by atoms with Crippen molar-refractivity contribution < 1.29 is 9.53 Å². The van der Waals surface area contributed by atoms with Gasteiger partial charge in [-0.15, -0.1) is 10.2 Å². The number of carbonyl (C=O) groups is 1. The largest absolute Gasteiger partial charge is 0.496 e. The average Bonchev–Trinajstić information content (AvgIpc) is 3.22. The summed E-state index contributed by atoms with van der Waals surface area (Å²) in [5.74, 6) is 1.59. The molecule has 6 nitrogen and oxygen atoms in total. The minimum Gasteiger partial charge on any atom is -0.496 e. The number of carbonyl (C=O) groups excluding carboxylic acids is 1. The number of amides is 1. The van der Waals surface area contributed by atoms with Crippen LogP contribution in [0.4, 0.5) is 0 Å². The smallest absolute Gasteiger partial charge is 0.248 e. The Labute approximate surface area is 189 Å². The molecule has 2 N–H and O–H groups in total. The minimum atomic E-state index is -0.442. The van der Waals surface area contributed by atoms with Crippen molar-refractivity contribution in [3.8, 4) is 22.8 Å². The lowest BCUT2D eigenvalue weighted by Gasteiger charge is -2.12. The molecule has 0 bridgehead atoms. The fraction of sp³-hybridized carbons (Fsp3) is 0.0870. The van der Waals surface area contributed by atoms with Crippen LogP contribution in [0.5, 0.6) is 5.75 Å². The first-order valence-corrected chi connectivity index (χ1v) is 10.8. The van der Waals surface area contributed by atoms with Gasteiger partial charge >= 0.3 is 0 Å². The molecule has 156 valence electrons. The van der Waals surface area contributed by atoms with Crippen LogP contribution in [-0.4, -0.2) is 27.8 Å². The van der Waals surface area contributed by atoms with Crippen molar-refractivity contribution in [1.29, 1.82) is 0 Å². The van der Waals surface area contributed by atoms with Crippen LogP contribution in [-0.2, 0) is 5.75 Å². The molecule has 0 aliphatic rings. The molecule has 0 saturated carbocycles. The van der Waals surface area contributed by atoms with E-state index in [2.05, 4.69) is 10.2 Å². The first-order chi connectivity index (χ1) is 15.1. The number of thioether (sulfide) groups is 1. The number of benzene rings is 3. The van der Waals surface area contributed by atoms with Gasteiger partial charge in [-0.3, -0.25) is 9.36 Å². The highest BCUT2D eigenvalue weighted by molar-refractivity contribution is 7.98. The van der Waals surface area contributed by atoms with E-state index in [9.17, 15) is 4.79 Å². The Morgan fingerprint density at radius 2 is 1.74 bits per heavy atom. The minimum absolute atomic E-state index is 0.442. The number of nitrogens with two attached hydrogens (primary N) is 1. The fourth-order valence-corrected chi connectivity index (χ4v) is 4.14. The van der Waals surface area contributed by atoms with Crippen molar-refractivity contribution in [2.75, 3.05) is 7.11 Å². The monoisotopic (exact) mass is 450 g/mol. The zero-order chi connectivity index (χ0) is 21.8. The van der Waals surface area contributed by atoms with E-state index < -0.39 is 5.91 Å². The number of ether oxygens (including phenoxy) is 1. The Bertz CT molecular complexity index is 1210. The van der Waals surface area contributed by atoms with Crippen molar-refractivity contribution in [2.45, 2.75) is 10.9 Å². The van der Waals surface area contributed by atoms with E-state index >= 15 is 0 Å². The average molecular weight is 451 g/mol. The topological polar surface area (TPSA) is 83.0 Å². The van der Waals surface area contributed by atoms with Gasteiger partial charge in [0.25, 0.3) is 0 Å². The Morgan fingerprint density at radius 3 is 2.42 bits per heavy atom. The number of aromatic nitrogens is 3. The molecular weight excluding hydrogens is 432 g/mol. The summed E-state index contributed by atoms with van der Waals surface area (Å²) >= 11 is 7.64. The normalized spacial score (nSPS) is 10.8. The Kier molecular flexibility index (Phi) is 6.25. The van der Waals surface area contributed by atoms with E-state index in [1.807, 2.05) is 65.2 Å². The van der Waals surface area contributed by atoms with Crippen LogP contribution in [0.25, 0.3) is 17.1 Å². The number of methoxy groups -OCH3 is 1. The first kappa shape index (κ1) is 21.0. The summed E-state index contributed by atoms with van der Waals surface area (Å²) in [6.07, 6.45) is 0. The van der Waals surface area contributed by atoms with E-state index in [0.717, 1.165) is 22.0 Å². The van der Waals surface area contributed by atoms with Gasteiger partial charge in [-0.25, -0.2) is 0 Å². The second kappa shape index (κ2) is 9.24. The predicted octanol–water partition coefficient (Wildman–Crippen LogP) is 4.99. The van der Waals surface area contributed by atoms with Gasteiger partial charge in [0.2, 0.25) is 5.91 Å². The van der Waals surface area contributed by atoms with Crippen LogP contribution in [0.1, 0.15) is 15.9 Å². The molecule has 8 heteroatoms. The van der Waals surface area contributed by atoms with E-state index in [0.29, 0.717) is 27.9 Å². The molecule has 1 heterocycles. The maximum Gasteiger partial charge on any atom is 0.248 e. The molecule has 0 radical (unpaired) electrons. The van der Waals surface area contributed by atoms with Crippen LogP contribution in [0.3, 0.4) is 0 Å². The summed E-state index contributed by atoms with van der Waals surface area (Å²) in [5.41, 5.74) is 8.57. The molecule has 0 fully saturated rings. The highest BCUT2D eigenvalue weighted by Gasteiger charge is 2.19. The fourth-order valence-electron chi connectivity index (χ4n) is 3.10. The summed E-state index contributed by atoms with van der Waals surface area (Å²) in [6, 6.07) is 22.4. The highest BCUT2D eigenvalue weighted by atomic mass is 35.5. The maximum atomic E-state index is 11.3. The molecule has 0 aliphatic carbocycles. The number of hydrogen-bond acceptors (Lipinski definition) is 5. The zero-order valence-electron chi connectivity index (χ0n) is 16.7. The molecule has 0 atom stereocenters. The lowest BCUT2D eigenvalue weighted by atomic mass is 10.1. The van der Waals surface area contributed by atoms with Crippen molar-refractivity contribution in [3.05, 3.63) is 88.9 Å². The molecule has 0 aliphatic heterocycles. The van der Waals surface area contributed by atoms with Gasteiger partial charge in [0.1, 0.15) is 5.75 Å². The van der Waals surface area contributed by atoms with Crippen LogP contribution in [0.15, 0.2) is 78.0 Å². The van der Waals surface area contributed by atoms with Crippen LogP contribution >= 0.6 is 23.4 Å². The van der Waals surface area contributed by atoms with Crippen LogP contribution < -0.4 is 10.5 Å². The molecule has 0 saturated heterocycles. The van der Waals surface area contributed by atoms with Crippen molar-refractivity contribution >= 4 is 29.3 Å². The first-order valence-electron chi connectivity index (χ1n) is 9.43. The number of hydrogen-bond donors (Lipinski definition) is 1. The lowest BCUT2D eigenvalue weighted by Crippen LogP contribution is -2.10. The molecule has 0 unspecified atom stereocenters. The van der Waals surface area contributed by atoms with Gasteiger partial charge in [0.05, 0.1) is 12.7 Å². The van der Waals surface area contributed by atoms with Gasteiger partial charge in [-0.05, 0) is 54.1 Å². The standard InChI is InChI=1S/C23H19ClN4O2S/c1-30-20-5-3-2-4-19(20)22-26-27-23(28(22)18-12-10-17(24)11-13-18)31-14-15-6-8-16(9-7-15)21(25)29/h2-13H,14H2,1H3,(H2,25,29). The number of primary amides is 1. The van der Waals surface area contributed by atoms with E-state index in [1.54, 1.807) is 31.0 Å². The number of halogens is 1. The summed E-state index contributed by atoms with van der Waals surface area (Å²) in [5, 5.41) is 10.3. The van der Waals surface area contributed by atoms with Crippen molar-refractivity contribution in [1.82, 2.24) is 14.8 Å². The number of nitrogens with zero attached hydrogens (tertiary/aromatic N) is 3. The number of rotatable bonds is 7. The van der Waals surface area contributed by atoms with Crippen molar-refractivity contribution in [3.63, 3.8) is 0 Å². The van der Waals surface area contributed by atoms with Crippen LogP contribution in [0.2, 0.25) is 5.02 Å².